The molecule has 0 saturated carbocycles. The Bertz CT molecular complexity index is 1120. The van der Waals surface area contributed by atoms with E-state index in [2.05, 4.69) is 16.0 Å². The number of aromatic hydroxyl groups is 1. The van der Waals surface area contributed by atoms with E-state index < -0.39 is 53.8 Å². The molecule has 12 heteroatoms. The Hall–Kier alpha value is -4.45. The van der Waals surface area contributed by atoms with Gasteiger partial charge in [0.25, 0.3) is 0 Å². The van der Waals surface area contributed by atoms with E-state index >= 15 is 0 Å². The normalized spacial score (nSPS) is 13.8. The van der Waals surface area contributed by atoms with Crippen LogP contribution in [0.15, 0.2) is 54.6 Å². The number of phenolic OH excluding ortho intramolecular Hbond substituents is 1. The maximum absolute atomic E-state index is 13.3. The van der Waals surface area contributed by atoms with Crippen molar-refractivity contribution in [3.63, 3.8) is 0 Å². The zero-order chi connectivity index (χ0) is 28.2. The standard InChI is InChI=1S/C26H33N5O7/c1-15(27)23(34)30-20(14-17-7-9-18(32)10-8-17)25(36)31-21(13-16-5-3-2-4-6-16)24(35)29-19(26(37)38)11-12-22(28)33/h2-10,15,19-21,32H,11-14,27H2,1H3,(H2,28,33)(H,29,35)(H,30,34)(H,31,36)(H,37,38). The molecule has 0 heterocycles. The van der Waals surface area contributed by atoms with Crippen molar-refractivity contribution in [3.8, 4) is 5.75 Å². The molecular weight excluding hydrogens is 494 g/mol. The Morgan fingerprint density at radius 2 is 1.24 bits per heavy atom. The zero-order valence-electron chi connectivity index (χ0n) is 20.9. The highest BCUT2D eigenvalue weighted by Gasteiger charge is 2.30. The summed E-state index contributed by atoms with van der Waals surface area (Å²) in [4.78, 5) is 61.6. The number of primary amides is 1. The van der Waals surface area contributed by atoms with Crippen LogP contribution in [0.5, 0.6) is 5.75 Å². The van der Waals surface area contributed by atoms with Crippen LogP contribution < -0.4 is 27.4 Å². The minimum atomic E-state index is -1.41. The predicted molar refractivity (Wildman–Crippen MR) is 137 cm³/mol. The van der Waals surface area contributed by atoms with Crippen LogP contribution in [0, 0.1) is 0 Å². The number of amides is 4. The fraction of sp³-hybridized carbons (Fsp3) is 0.346. The number of hydrogen-bond acceptors (Lipinski definition) is 7. The lowest BCUT2D eigenvalue weighted by molar-refractivity contribution is -0.142. The Labute approximate surface area is 219 Å². The van der Waals surface area contributed by atoms with Crippen molar-refractivity contribution in [2.75, 3.05) is 0 Å². The van der Waals surface area contributed by atoms with E-state index in [1.807, 2.05) is 0 Å². The maximum atomic E-state index is 13.3. The molecule has 9 N–H and O–H groups in total. The number of phenols is 1. The molecular formula is C26H33N5O7. The highest BCUT2D eigenvalue weighted by molar-refractivity contribution is 5.94. The summed E-state index contributed by atoms with van der Waals surface area (Å²) in [5, 5.41) is 26.5. The molecule has 0 aliphatic rings. The molecule has 12 nitrogen and oxygen atoms in total. The molecule has 0 aliphatic carbocycles. The molecule has 204 valence electrons. The van der Waals surface area contributed by atoms with Crippen LogP contribution in [-0.4, -0.2) is 64.0 Å². The molecule has 38 heavy (non-hydrogen) atoms. The molecule has 2 aromatic carbocycles. The summed E-state index contributed by atoms with van der Waals surface area (Å²) in [6.45, 7) is 1.45. The first-order chi connectivity index (χ1) is 18.0. The number of carboxylic acids is 1. The van der Waals surface area contributed by atoms with Crippen LogP contribution >= 0.6 is 0 Å². The van der Waals surface area contributed by atoms with E-state index in [-0.39, 0.29) is 31.4 Å². The minimum absolute atomic E-state index is 0.0216. The van der Waals surface area contributed by atoms with Crippen molar-refractivity contribution < 1.29 is 34.2 Å². The molecule has 0 radical (unpaired) electrons. The van der Waals surface area contributed by atoms with Crippen LogP contribution in [-0.2, 0) is 36.8 Å². The summed E-state index contributed by atoms with van der Waals surface area (Å²) in [6.07, 6.45) is -0.435. The van der Waals surface area contributed by atoms with Crippen molar-refractivity contribution >= 4 is 29.6 Å². The fourth-order valence-electron chi connectivity index (χ4n) is 3.53. The number of benzene rings is 2. The lowest BCUT2D eigenvalue weighted by Gasteiger charge is -2.25. The molecule has 0 bridgehead atoms. The molecule has 2 rings (SSSR count). The van der Waals surface area contributed by atoms with Gasteiger partial charge in [-0.3, -0.25) is 19.2 Å². The number of aliphatic carboxylic acids is 1. The Balaban J connectivity index is 2.28. The van der Waals surface area contributed by atoms with Crippen LogP contribution in [0.1, 0.15) is 30.9 Å². The highest BCUT2D eigenvalue weighted by atomic mass is 16.4. The first kappa shape index (κ1) is 29.8. The van der Waals surface area contributed by atoms with E-state index in [0.29, 0.717) is 11.1 Å². The first-order valence-electron chi connectivity index (χ1n) is 12.0. The monoisotopic (exact) mass is 527 g/mol. The van der Waals surface area contributed by atoms with Gasteiger partial charge in [-0.25, -0.2) is 4.79 Å². The predicted octanol–water partition coefficient (Wildman–Crippen LogP) is -0.671. The SMILES string of the molecule is CC(N)C(=O)NC(Cc1ccc(O)cc1)C(=O)NC(Cc1ccccc1)C(=O)NC(CCC(N)=O)C(=O)O. The number of carbonyl (C=O) groups excluding carboxylic acids is 4. The summed E-state index contributed by atoms with van der Waals surface area (Å²) in [6, 6.07) is 10.1. The van der Waals surface area contributed by atoms with Crippen LogP contribution in [0.2, 0.25) is 0 Å². The molecule has 4 atom stereocenters. The highest BCUT2D eigenvalue weighted by Crippen LogP contribution is 2.12. The van der Waals surface area contributed by atoms with E-state index in [9.17, 15) is 34.2 Å². The smallest absolute Gasteiger partial charge is 0.326 e. The lowest BCUT2D eigenvalue weighted by Crippen LogP contribution is -2.58. The topological polar surface area (TPSA) is 214 Å². The first-order valence-corrected chi connectivity index (χ1v) is 12.0. The number of rotatable bonds is 14. The molecule has 0 aromatic heterocycles. The Morgan fingerprint density at radius 3 is 1.71 bits per heavy atom. The summed E-state index contributed by atoms with van der Waals surface area (Å²) in [5.41, 5.74) is 12.1. The molecule has 0 spiro atoms. The fourth-order valence-corrected chi connectivity index (χ4v) is 3.53. The second-order valence-corrected chi connectivity index (χ2v) is 8.88. The van der Waals surface area contributed by atoms with E-state index in [0.717, 1.165) is 0 Å². The number of nitrogens with one attached hydrogen (secondary N) is 3. The Kier molecular flexibility index (Phi) is 11.2. The molecule has 4 amide bonds. The summed E-state index contributed by atoms with van der Waals surface area (Å²) < 4.78 is 0. The van der Waals surface area contributed by atoms with Gasteiger partial charge in [0, 0.05) is 19.3 Å². The van der Waals surface area contributed by atoms with Crippen LogP contribution in [0.25, 0.3) is 0 Å². The minimum Gasteiger partial charge on any atom is -0.508 e. The molecule has 2 aromatic rings. The van der Waals surface area contributed by atoms with Gasteiger partial charge in [0.2, 0.25) is 23.6 Å². The number of carboxylic acid groups (broad SMARTS) is 1. The van der Waals surface area contributed by atoms with E-state index in [1.165, 1.54) is 19.1 Å². The third-order valence-corrected chi connectivity index (χ3v) is 5.63. The van der Waals surface area contributed by atoms with Crippen molar-refractivity contribution in [2.45, 2.75) is 56.8 Å². The summed E-state index contributed by atoms with van der Waals surface area (Å²) in [7, 11) is 0. The van der Waals surface area contributed by atoms with Crippen LogP contribution in [0.4, 0.5) is 0 Å². The third kappa shape index (κ3) is 9.90. The van der Waals surface area contributed by atoms with Gasteiger partial charge in [0.15, 0.2) is 0 Å². The molecule has 0 fully saturated rings. The Morgan fingerprint density at radius 1 is 0.763 bits per heavy atom. The third-order valence-electron chi connectivity index (χ3n) is 5.63. The maximum Gasteiger partial charge on any atom is 0.326 e. The second-order valence-electron chi connectivity index (χ2n) is 8.88. The summed E-state index contributed by atoms with van der Waals surface area (Å²) >= 11 is 0. The van der Waals surface area contributed by atoms with Gasteiger partial charge in [-0.05, 0) is 36.6 Å². The van der Waals surface area contributed by atoms with Gasteiger partial charge in [-0.15, -0.1) is 0 Å². The zero-order valence-corrected chi connectivity index (χ0v) is 20.9. The number of carbonyl (C=O) groups is 5. The van der Waals surface area contributed by atoms with Crippen molar-refractivity contribution in [3.05, 3.63) is 65.7 Å². The van der Waals surface area contributed by atoms with Gasteiger partial charge in [-0.1, -0.05) is 42.5 Å². The molecule has 0 saturated heterocycles. The quantitative estimate of drug-likeness (QED) is 0.167. The van der Waals surface area contributed by atoms with E-state index in [4.69, 9.17) is 11.5 Å². The second kappa shape index (κ2) is 14.3. The molecule has 4 unspecified atom stereocenters. The van der Waals surface area contributed by atoms with Crippen molar-refractivity contribution in [1.29, 1.82) is 0 Å². The van der Waals surface area contributed by atoms with Gasteiger partial charge in [0.1, 0.15) is 23.9 Å². The van der Waals surface area contributed by atoms with Crippen LogP contribution in [0.3, 0.4) is 0 Å². The number of nitrogens with two attached hydrogens (primary N) is 2. The average Bonchev–Trinajstić information content (AvgIpc) is 2.86. The van der Waals surface area contributed by atoms with E-state index in [1.54, 1.807) is 42.5 Å². The number of hydrogen-bond donors (Lipinski definition) is 7. The van der Waals surface area contributed by atoms with Gasteiger partial charge in [0.05, 0.1) is 6.04 Å². The summed E-state index contributed by atoms with van der Waals surface area (Å²) in [5.74, 6) is -4.14. The van der Waals surface area contributed by atoms with Gasteiger partial charge >= 0.3 is 5.97 Å². The van der Waals surface area contributed by atoms with Crippen molar-refractivity contribution in [2.24, 2.45) is 11.5 Å². The molecule has 0 aliphatic heterocycles. The largest absolute Gasteiger partial charge is 0.508 e. The van der Waals surface area contributed by atoms with Gasteiger partial charge < -0.3 is 37.6 Å². The van der Waals surface area contributed by atoms with Crippen molar-refractivity contribution in [1.82, 2.24) is 16.0 Å². The van der Waals surface area contributed by atoms with Gasteiger partial charge in [-0.2, -0.15) is 0 Å². The lowest BCUT2D eigenvalue weighted by atomic mass is 10.0. The average molecular weight is 528 g/mol.